The number of benzene rings is 1. The third-order valence-corrected chi connectivity index (χ3v) is 3.08. The van der Waals surface area contributed by atoms with Crippen molar-refractivity contribution in [3.8, 4) is 11.5 Å². The first-order valence-corrected chi connectivity index (χ1v) is 5.88. The Morgan fingerprint density at radius 1 is 1.31 bits per heavy atom. The number of hydrogen-bond donors (Lipinski definition) is 1. The van der Waals surface area contributed by atoms with Gasteiger partial charge in [0.05, 0.1) is 20.3 Å². The topological polar surface area (TPSA) is 38.7 Å². The molecular weight excluding hydrogens is 272 g/mol. The summed E-state index contributed by atoms with van der Waals surface area (Å²) in [6.45, 7) is 3.72. The highest BCUT2D eigenvalue weighted by atomic mass is 79.9. The van der Waals surface area contributed by atoms with Crippen LogP contribution in [-0.4, -0.2) is 25.4 Å². The predicted octanol–water partition coefficient (Wildman–Crippen LogP) is 2.70. The van der Waals surface area contributed by atoms with Gasteiger partial charge >= 0.3 is 0 Å². The first-order chi connectivity index (χ1) is 7.51. The third kappa shape index (κ3) is 2.68. The van der Waals surface area contributed by atoms with Gasteiger partial charge in [-0.15, -0.1) is 0 Å². The van der Waals surface area contributed by atoms with Crippen LogP contribution in [0.2, 0.25) is 0 Å². The lowest BCUT2D eigenvalue weighted by atomic mass is 10.0. The average molecular weight is 289 g/mol. The van der Waals surface area contributed by atoms with Gasteiger partial charge in [0, 0.05) is 6.42 Å². The maximum Gasteiger partial charge on any atom is 0.140 e. The number of methoxy groups -OCH3 is 2. The van der Waals surface area contributed by atoms with Crippen LogP contribution in [0.1, 0.15) is 18.1 Å². The molecule has 0 amide bonds. The van der Waals surface area contributed by atoms with E-state index in [1.54, 1.807) is 21.1 Å². The maximum atomic E-state index is 9.43. The molecule has 1 aromatic rings. The fraction of sp³-hybridized carbons (Fsp3) is 0.500. The molecule has 1 unspecified atom stereocenters. The van der Waals surface area contributed by atoms with E-state index in [2.05, 4.69) is 15.9 Å². The van der Waals surface area contributed by atoms with Crippen molar-refractivity contribution in [1.82, 2.24) is 0 Å². The molecule has 1 aromatic carbocycles. The summed E-state index contributed by atoms with van der Waals surface area (Å²) in [5, 5.41) is 9.43. The van der Waals surface area contributed by atoms with Crippen LogP contribution in [0.3, 0.4) is 0 Å². The lowest BCUT2D eigenvalue weighted by molar-refractivity contribution is 0.194. The van der Waals surface area contributed by atoms with Crippen LogP contribution >= 0.6 is 15.9 Å². The molecule has 0 radical (unpaired) electrons. The molecule has 0 bridgehead atoms. The summed E-state index contributed by atoms with van der Waals surface area (Å²) in [5.74, 6) is 1.49. The van der Waals surface area contributed by atoms with Crippen molar-refractivity contribution in [3.63, 3.8) is 0 Å². The minimum Gasteiger partial charge on any atom is -0.495 e. The quantitative estimate of drug-likeness (QED) is 0.926. The molecule has 90 valence electrons. The summed E-state index contributed by atoms with van der Waals surface area (Å²) in [4.78, 5) is 0. The van der Waals surface area contributed by atoms with Crippen LogP contribution in [0.4, 0.5) is 0 Å². The van der Waals surface area contributed by atoms with Crippen LogP contribution in [0.15, 0.2) is 10.5 Å². The van der Waals surface area contributed by atoms with Gasteiger partial charge < -0.3 is 14.6 Å². The second-order valence-corrected chi connectivity index (χ2v) is 4.58. The molecule has 0 heterocycles. The fourth-order valence-electron chi connectivity index (χ4n) is 1.75. The summed E-state index contributed by atoms with van der Waals surface area (Å²) in [6.07, 6.45) is 0.167. The van der Waals surface area contributed by atoms with Crippen LogP contribution in [0.25, 0.3) is 0 Å². The van der Waals surface area contributed by atoms with E-state index < -0.39 is 6.10 Å². The number of aliphatic hydroxyl groups is 1. The van der Waals surface area contributed by atoms with Gasteiger partial charge in [-0.05, 0) is 47.0 Å². The predicted molar refractivity (Wildman–Crippen MR) is 67.4 cm³/mol. The van der Waals surface area contributed by atoms with E-state index >= 15 is 0 Å². The minimum absolute atomic E-state index is 0.395. The Balaban J connectivity index is 3.29. The largest absolute Gasteiger partial charge is 0.495 e. The number of rotatable bonds is 4. The van der Waals surface area contributed by atoms with E-state index in [9.17, 15) is 5.11 Å². The fourth-order valence-corrected chi connectivity index (χ4v) is 2.64. The van der Waals surface area contributed by atoms with Crippen LogP contribution < -0.4 is 9.47 Å². The van der Waals surface area contributed by atoms with Crippen molar-refractivity contribution in [2.24, 2.45) is 0 Å². The molecular formula is C12H17BrO3. The molecule has 16 heavy (non-hydrogen) atoms. The lowest BCUT2D eigenvalue weighted by Crippen LogP contribution is -2.07. The molecule has 0 saturated heterocycles. The van der Waals surface area contributed by atoms with Crippen molar-refractivity contribution in [2.45, 2.75) is 26.4 Å². The van der Waals surface area contributed by atoms with Crippen molar-refractivity contribution in [1.29, 1.82) is 0 Å². The second-order valence-electron chi connectivity index (χ2n) is 3.79. The Kier molecular flexibility index (Phi) is 4.62. The second kappa shape index (κ2) is 5.55. The number of aliphatic hydroxyl groups excluding tert-OH is 1. The van der Waals surface area contributed by atoms with Gasteiger partial charge in [-0.2, -0.15) is 0 Å². The van der Waals surface area contributed by atoms with E-state index in [0.717, 1.165) is 27.1 Å². The smallest absolute Gasteiger partial charge is 0.140 e. The van der Waals surface area contributed by atoms with Gasteiger partial charge in [0.1, 0.15) is 16.0 Å². The van der Waals surface area contributed by atoms with Gasteiger partial charge in [0.2, 0.25) is 0 Å². The van der Waals surface area contributed by atoms with E-state index in [4.69, 9.17) is 9.47 Å². The normalized spacial score (nSPS) is 12.4. The monoisotopic (exact) mass is 288 g/mol. The molecule has 0 aliphatic rings. The molecule has 0 aliphatic heterocycles. The van der Waals surface area contributed by atoms with Gasteiger partial charge in [-0.25, -0.2) is 0 Å². The molecule has 0 spiro atoms. The van der Waals surface area contributed by atoms with E-state index in [0.29, 0.717) is 6.42 Å². The third-order valence-electron chi connectivity index (χ3n) is 2.36. The van der Waals surface area contributed by atoms with Crippen molar-refractivity contribution in [3.05, 3.63) is 21.7 Å². The lowest BCUT2D eigenvalue weighted by Gasteiger charge is -2.16. The Labute approximate surface area is 105 Å². The highest BCUT2D eigenvalue weighted by Crippen LogP contribution is 2.40. The molecule has 3 nitrogen and oxygen atoms in total. The van der Waals surface area contributed by atoms with Gasteiger partial charge in [-0.1, -0.05) is 0 Å². The highest BCUT2D eigenvalue weighted by molar-refractivity contribution is 9.10. The van der Waals surface area contributed by atoms with Crippen LogP contribution in [-0.2, 0) is 6.42 Å². The Morgan fingerprint density at radius 3 is 2.31 bits per heavy atom. The van der Waals surface area contributed by atoms with Crippen molar-refractivity contribution in [2.75, 3.05) is 14.2 Å². The summed E-state index contributed by atoms with van der Waals surface area (Å²) < 4.78 is 11.4. The van der Waals surface area contributed by atoms with Gasteiger partial charge in [-0.3, -0.25) is 0 Å². The minimum atomic E-state index is -0.395. The zero-order valence-electron chi connectivity index (χ0n) is 10.0. The number of aryl methyl sites for hydroxylation is 1. The van der Waals surface area contributed by atoms with E-state index in [-0.39, 0.29) is 0 Å². The standard InChI is InChI=1S/C12H17BrO3/c1-7-5-9(6-8(2)14)12(16-4)10(13)11(7)15-3/h5,8,14H,6H2,1-4H3. The number of halogens is 1. The first kappa shape index (κ1) is 13.3. The van der Waals surface area contributed by atoms with Crippen molar-refractivity contribution < 1.29 is 14.6 Å². The Hall–Kier alpha value is -0.740. The first-order valence-electron chi connectivity index (χ1n) is 5.09. The molecule has 0 aliphatic carbocycles. The molecule has 0 saturated carbocycles. The molecule has 1 rings (SSSR count). The maximum absolute atomic E-state index is 9.43. The SMILES string of the molecule is COc1c(C)cc(CC(C)O)c(OC)c1Br. The Bertz CT molecular complexity index is 375. The Morgan fingerprint density at radius 2 is 1.88 bits per heavy atom. The molecule has 0 aromatic heterocycles. The zero-order chi connectivity index (χ0) is 12.3. The summed E-state index contributed by atoms with van der Waals surface area (Å²) in [7, 11) is 3.24. The number of hydrogen-bond acceptors (Lipinski definition) is 3. The van der Waals surface area contributed by atoms with Crippen LogP contribution in [0, 0.1) is 6.92 Å². The van der Waals surface area contributed by atoms with Crippen molar-refractivity contribution >= 4 is 15.9 Å². The van der Waals surface area contributed by atoms with Crippen LogP contribution in [0.5, 0.6) is 11.5 Å². The summed E-state index contributed by atoms with van der Waals surface area (Å²) in [6, 6.07) is 1.98. The molecule has 4 heteroatoms. The van der Waals surface area contributed by atoms with E-state index in [1.165, 1.54) is 0 Å². The average Bonchev–Trinajstić information content (AvgIpc) is 2.17. The number of ether oxygens (including phenoxy) is 2. The summed E-state index contributed by atoms with van der Waals surface area (Å²) in [5.41, 5.74) is 1.99. The summed E-state index contributed by atoms with van der Waals surface area (Å²) >= 11 is 3.46. The highest BCUT2D eigenvalue weighted by Gasteiger charge is 2.16. The van der Waals surface area contributed by atoms with Gasteiger partial charge in [0.25, 0.3) is 0 Å². The molecule has 1 N–H and O–H groups in total. The van der Waals surface area contributed by atoms with E-state index in [1.807, 2.05) is 13.0 Å². The molecule has 0 fully saturated rings. The van der Waals surface area contributed by atoms with Gasteiger partial charge in [0.15, 0.2) is 0 Å². The zero-order valence-corrected chi connectivity index (χ0v) is 11.6. The molecule has 1 atom stereocenters.